The summed E-state index contributed by atoms with van der Waals surface area (Å²) in [7, 11) is 0. The number of anilines is 1. The molecule has 0 aliphatic heterocycles. The Kier molecular flexibility index (Phi) is 3.00. The van der Waals surface area contributed by atoms with E-state index >= 15 is 0 Å². The number of nitrogens with two attached hydrogens (primary N) is 1. The molecule has 0 radical (unpaired) electrons. The van der Waals surface area contributed by atoms with Crippen molar-refractivity contribution in [3.05, 3.63) is 32.8 Å². The van der Waals surface area contributed by atoms with Crippen molar-refractivity contribution < 1.29 is 9.72 Å². The van der Waals surface area contributed by atoms with Gasteiger partial charge in [0.1, 0.15) is 5.02 Å². The van der Waals surface area contributed by atoms with Gasteiger partial charge in [-0.1, -0.05) is 11.6 Å². The van der Waals surface area contributed by atoms with Crippen LogP contribution in [0.1, 0.15) is 18.4 Å². The number of hydrogen-bond donors (Lipinski definition) is 2. The number of amides is 1. The lowest BCUT2D eigenvalue weighted by Crippen LogP contribution is -2.38. The Morgan fingerprint density at radius 1 is 1.56 bits per heavy atom. The second-order valence-corrected chi connectivity index (χ2v) is 4.89. The Morgan fingerprint density at radius 3 is 2.67 bits per heavy atom. The Hall–Kier alpha value is -1.66. The van der Waals surface area contributed by atoms with Crippen LogP contribution in [0, 0.1) is 17.0 Å². The Balaban J connectivity index is 2.27. The average Bonchev–Trinajstić information content (AvgIpc) is 3.02. The fraction of sp³-hybridized carbons (Fsp3) is 0.364. The van der Waals surface area contributed by atoms with E-state index in [-0.39, 0.29) is 16.6 Å². The maximum atomic E-state index is 11.8. The molecule has 0 spiro atoms. The predicted octanol–water partition coefficient (Wildman–Crippen LogP) is 1.99. The standard InChI is InChI=1S/C11H12ClN3O3/c1-6-4-9(15(17)18)7(12)5-8(6)14-10(16)11(13)2-3-11/h4-5H,2-3,13H2,1H3,(H,14,16). The van der Waals surface area contributed by atoms with Gasteiger partial charge in [-0.05, 0) is 31.4 Å². The van der Waals surface area contributed by atoms with Crippen LogP contribution in [0.15, 0.2) is 12.1 Å². The molecule has 0 atom stereocenters. The van der Waals surface area contributed by atoms with Crippen LogP contribution in [0.4, 0.5) is 11.4 Å². The summed E-state index contributed by atoms with van der Waals surface area (Å²) in [5.41, 5.74) is 5.80. The van der Waals surface area contributed by atoms with Gasteiger partial charge < -0.3 is 11.1 Å². The van der Waals surface area contributed by atoms with Gasteiger partial charge in [0, 0.05) is 11.8 Å². The number of nitro benzene ring substituents is 1. The van der Waals surface area contributed by atoms with Crippen LogP contribution in [-0.4, -0.2) is 16.4 Å². The highest BCUT2D eigenvalue weighted by atomic mass is 35.5. The number of nitrogens with one attached hydrogen (secondary N) is 1. The molecule has 18 heavy (non-hydrogen) atoms. The highest BCUT2D eigenvalue weighted by Crippen LogP contribution is 2.35. The maximum absolute atomic E-state index is 11.8. The van der Waals surface area contributed by atoms with E-state index in [0.29, 0.717) is 24.1 Å². The minimum Gasteiger partial charge on any atom is -0.324 e. The summed E-state index contributed by atoms with van der Waals surface area (Å²) in [4.78, 5) is 21.9. The van der Waals surface area contributed by atoms with Crippen molar-refractivity contribution in [1.29, 1.82) is 0 Å². The fourth-order valence-electron chi connectivity index (χ4n) is 1.55. The van der Waals surface area contributed by atoms with E-state index in [0.717, 1.165) is 0 Å². The first kappa shape index (κ1) is 12.8. The second kappa shape index (κ2) is 4.22. The number of halogens is 1. The molecule has 1 amide bonds. The molecule has 96 valence electrons. The Morgan fingerprint density at radius 2 is 2.17 bits per heavy atom. The van der Waals surface area contributed by atoms with Gasteiger partial charge in [-0.2, -0.15) is 0 Å². The van der Waals surface area contributed by atoms with Crippen LogP contribution in [0.3, 0.4) is 0 Å². The van der Waals surface area contributed by atoms with E-state index in [1.165, 1.54) is 12.1 Å². The summed E-state index contributed by atoms with van der Waals surface area (Å²) in [6.07, 6.45) is 1.30. The zero-order valence-corrected chi connectivity index (χ0v) is 10.5. The summed E-state index contributed by atoms with van der Waals surface area (Å²) in [5.74, 6) is -0.282. The lowest BCUT2D eigenvalue weighted by Gasteiger charge is -2.12. The highest BCUT2D eigenvalue weighted by molar-refractivity contribution is 6.33. The molecule has 0 aromatic heterocycles. The largest absolute Gasteiger partial charge is 0.324 e. The molecular formula is C11H12ClN3O3. The third-order valence-electron chi connectivity index (χ3n) is 2.98. The molecule has 1 aliphatic rings. The molecule has 2 rings (SSSR count). The van der Waals surface area contributed by atoms with E-state index in [1.54, 1.807) is 6.92 Å². The number of carbonyl (C=O) groups is 1. The molecule has 1 fully saturated rings. The summed E-state index contributed by atoms with van der Waals surface area (Å²) in [6, 6.07) is 2.70. The molecule has 1 aromatic carbocycles. The van der Waals surface area contributed by atoms with Crippen molar-refractivity contribution >= 4 is 28.9 Å². The Bertz CT molecular complexity index is 541. The maximum Gasteiger partial charge on any atom is 0.288 e. The first-order valence-corrected chi connectivity index (χ1v) is 5.76. The minimum atomic E-state index is -0.791. The van der Waals surface area contributed by atoms with Gasteiger partial charge >= 0.3 is 0 Å². The predicted molar refractivity (Wildman–Crippen MR) is 67.6 cm³/mol. The lowest BCUT2D eigenvalue weighted by atomic mass is 10.1. The van der Waals surface area contributed by atoms with Gasteiger partial charge in [0.15, 0.2) is 0 Å². The van der Waals surface area contributed by atoms with Crippen molar-refractivity contribution in [2.45, 2.75) is 25.3 Å². The molecule has 0 unspecified atom stereocenters. The highest BCUT2D eigenvalue weighted by Gasteiger charge is 2.46. The minimum absolute atomic E-state index is 0.0113. The van der Waals surface area contributed by atoms with Crippen LogP contribution in [0.2, 0.25) is 5.02 Å². The molecule has 3 N–H and O–H groups in total. The fourth-order valence-corrected chi connectivity index (χ4v) is 1.78. The van der Waals surface area contributed by atoms with Crippen molar-refractivity contribution in [2.24, 2.45) is 5.73 Å². The van der Waals surface area contributed by atoms with E-state index < -0.39 is 10.5 Å². The van der Waals surface area contributed by atoms with Crippen LogP contribution in [-0.2, 0) is 4.79 Å². The molecule has 7 heteroatoms. The lowest BCUT2D eigenvalue weighted by molar-refractivity contribution is -0.384. The van der Waals surface area contributed by atoms with Crippen molar-refractivity contribution in [3.63, 3.8) is 0 Å². The number of rotatable bonds is 3. The second-order valence-electron chi connectivity index (χ2n) is 4.49. The number of hydrogen-bond acceptors (Lipinski definition) is 4. The quantitative estimate of drug-likeness (QED) is 0.647. The van der Waals surface area contributed by atoms with Crippen molar-refractivity contribution in [3.8, 4) is 0 Å². The molecule has 0 bridgehead atoms. The molecule has 1 aliphatic carbocycles. The topological polar surface area (TPSA) is 98.3 Å². The monoisotopic (exact) mass is 269 g/mol. The number of nitro groups is 1. The van der Waals surface area contributed by atoms with E-state index in [9.17, 15) is 14.9 Å². The number of aryl methyl sites for hydroxylation is 1. The third-order valence-corrected chi connectivity index (χ3v) is 3.28. The summed E-state index contributed by atoms with van der Waals surface area (Å²) in [5, 5.41) is 13.3. The van der Waals surface area contributed by atoms with Crippen LogP contribution < -0.4 is 11.1 Å². The molecule has 0 saturated heterocycles. The van der Waals surface area contributed by atoms with Gasteiger partial charge in [-0.25, -0.2) is 0 Å². The smallest absolute Gasteiger partial charge is 0.288 e. The average molecular weight is 270 g/mol. The van der Waals surface area contributed by atoms with E-state index in [1.807, 2.05) is 0 Å². The molecule has 0 heterocycles. The zero-order valence-electron chi connectivity index (χ0n) is 9.70. The van der Waals surface area contributed by atoms with Gasteiger partial charge in [0.05, 0.1) is 10.5 Å². The van der Waals surface area contributed by atoms with Crippen LogP contribution in [0.5, 0.6) is 0 Å². The van der Waals surface area contributed by atoms with Gasteiger partial charge in [0.25, 0.3) is 5.69 Å². The van der Waals surface area contributed by atoms with Gasteiger partial charge in [-0.15, -0.1) is 0 Å². The number of benzene rings is 1. The van der Waals surface area contributed by atoms with Crippen molar-refractivity contribution in [2.75, 3.05) is 5.32 Å². The van der Waals surface area contributed by atoms with Crippen molar-refractivity contribution in [1.82, 2.24) is 0 Å². The number of carbonyl (C=O) groups excluding carboxylic acids is 1. The summed E-state index contributed by atoms with van der Waals surface area (Å²) in [6.45, 7) is 1.66. The summed E-state index contributed by atoms with van der Waals surface area (Å²) >= 11 is 5.79. The first-order chi connectivity index (χ1) is 8.33. The van der Waals surface area contributed by atoms with Gasteiger partial charge in [0.2, 0.25) is 5.91 Å². The first-order valence-electron chi connectivity index (χ1n) is 5.38. The molecule has 6 nitrogen and oxygen atoms in total. The molecule has 1 saturated carbocycles. The molecule has 1 aromatic rings. The normalized spacial score (nSPS) is 16.2. The van der Waals surface area contributed by atoms with E-state index in [4.69, 9.17) is 17.3 Å². The SMILES string of the molecule is Cc1cc([N+](=O)[O-])c(Cl)cc1NC(=O)C1(N)CC1. The van der Waals surface area contributed by atoms with Crippen LogP contribution >= 0.6 is 11.6 Å². The zero-order chi connectivity index (χ0) is 13.5. The Labute approximate surface area is 108 Å². The summed E-state index contributed by atoms with van der Waals surface area (Å²) < 4.78 is 0. The van der Waals surface area contributed by atoms with Gasteiger partial charge in [-0.3, -0.25) is 14.9 Å². The van der Waals surface area contributed by atoms with Crippen LogP contribution in [0.25, 0.3) is 0 Å². The van der Waals surface area contributed by atoms with E-state index in [2.05, 4.69) is 5.32 Å². The number of nitrogens with zero attached hydrogens (tertiary/aromatic N) is 1. The third kappa shape index (κ3) is 2.30. The molecular weight excluding hydrogens is 258 g/mol.